The Morgan fingerprint density at radius 2 is 1.93 bits per heavy atom. The number of benzene rings is 1. The van der Waals surface area contributed by atoms with Gasteiger partial charge in [-0.25, -0.2) is 19.6 Å². The molecule has 1 aromatic carbocycles. The maximum Gasteiger partial charge on any atom is 0.227 e. The van der Waals surface area contributed by atoms with E-state index in [0.29, 0.717) is 10.8 Å². The highest BCUT2D eigenvalue weighted by Crippen LogP contribution is 2.25. The van der Waals surface area contributed by atoms with E-state index < -0.39 is 0 Å². The maximum absolute atomic E-state index is 12.7. The number of hydrogen-bond donors (Lipinski definition) is 1. The summed E-state index contributed by atoms with van der Waals surface area (Å²) < 4.78 is 1.60. The molecule has 2 aromatic heterocycles. The summed E-state index contributed by atoms with van der Waals surface area (Å²) in [5.41, 5.74) is 1.77. The molecule has 0 spiro atoms. The van der Waals surface area contributed by atoms with Gasteiger partial charge in [0.15, 0.2) is 5.82 Å². The van der Waals surface area contributed by atoms with Crippen LogP contribution < -0.4 is 10.2 Å². The van der Waals surface area contributed by atoms with E-state index in [1.165, 1.54) is 12.7 Å². The Morgan fingerprint density at radius 3 is 2.64 bits per heavy atom. The van der Waals surface area contributed by atoms with Gasteiger partial charge in [0.1, 0.15) is 24.8 Å². The van der Waals surface area contributed by atoms with E-state index in [0.717, 1.165) is 43.0 Å². The third-order valence-electron chi connectivity index (χ3n) is 4.93. The van der Waals surface area contributed by atoms with Gasteiger partial charge in [-0.15, -0.1) is 0 Å². The number of halogens is 1. The lowest BCUT2D eigenvalue weighted by Gasteiger charge is -2.32. The monoisotopic (exact) mass is 397 g/mol. The lowest BCUT2D eigenvalue weighted by atomic mass is 9.95. The lowest BCUT2D eigenvalue weighted by Crippen LogP contribution is -2.38. The van der Waals surface area contributed by atoms with Crippen LogP contribution in [0, 0.1) is 12.8 Å². The zero-order valence-corrected chi connectivity index (χ0v) is 16.2. The van der Waals surface area contributed by atoms with Gasteiger partial charge in [-0.3, -0.25) is 4.79 Å². The fourth-order valence-electron chi connectivity index (χ4n) is 3.33. The highest BCUT2D eigenvalue weighted by Gasteiger charge is 2.26. The minimum absolute atomic E-state index is 0.0250. The molecule has 0 unspecified atom stereocenters. The van der Waals surface area contributed by atoms with Crippen LogP contribution in [0.3, 0.4) is 0 Å². The Morgan fingerprint density at radius 1 is 1.14 bits per heavy atom. The summed E-state index contributed by atoms with van der Waals surface area (Å²) in [7, 11) is 0. The van der Waals surface area contributed by atoms with Gasteiger partial charge in [-0.05, 0) is 43.5 Å². The number of aryl methyl sites for hydroxylation is 1. The van der Waals surface area contributed by atoms with Gasteiger partial charge < -0.3 is 10.2 Å². The first-order valence-corrected chi connectivity index (χ1v) is 9.47. The normalized spacial score (nSPS) is 14.9. The van der Waals surface area contributed by atoms with E-state index in [9.17, 15) is 4.79 Å². The van der Waals surface area contributed by atoms with Crippen LogP contribution >= 0.6 is 11.6 Å². The van der Waals surface area contributed by atoms with Gasteiger partial charge in [0.05, 0.1) is 0 Å². The van der Waals surface area contributed by atoms with Gasteiger partial charge in [-0.1, -0.05) is 11.6 Å². The average molecular weight is 398 g/mol. The quantitative estimate of drug-likeness (QED) is 0.728. The number of piperidine rings is 1. The smallest absolute Gasteiger partial charge is 0.227 e. The van der Waals surface area contributed by atoms with E-state index in [2.05, 4.69) is 30.3 Å². The molecule has 1 aliphatic rings. The molecule has 0 bridgehead atoms. The van der Waals surface area contributed by atoms with Crippen LogP contribution in [0.1, 0.15) is 18.4 Å². The molecule has 3 aromatic rings. The minimum Gasteiger partial charge on any atom is -0.356 e. The summed E-state index contributed by atoms with van der Waals surface area (Å²) in [6, 6.07) is 7.36. The summed E-state index contributed by atoms with van der Waals surface area (Å²) in [6.45, 7) is 3.45. The maximum atomic E-state index is 12.7. The van der Waals surface area contributed by atoms with Crippen molar-refractivity contribution in [2.75, 3.05) is 23.3 Å². The summed E-state index contributed by atoms with van der Waals surface area (Å²) in [6.07, 6.45) is 6.12. The van der Waals surface area contributed by atoms with Crippen molar-refractivity contribution in [1.29, 1.82) is 0 Å². The molecule has 0 radical (unpaired) electrons. The van der Waals surface area contributed by atoms with Gasteiger partial charge in [0.25, 0.3) is 0 Å². The second-order valence-electron chi connectivity index (χ2n) is 6.78. The Bertz CT molecular complexity index is 968. The standard InChI is InChI=1S/C19H20ClN7O/c1-13-8-15(20)2-3-16(13)25-19(28)14-4-6-26(7-5-14)17-9-18(23-11-22-17)27-12-21-10-24-27/h2-3,8-12,14H,4-7H2,1H3,(H,25,28). The van der Waals surface area contributed by atoms with E-state index in [1.807, 2.05) is 25.1 Å². The van der Waals surface area contributed by atoms with Crippen molar-refractivity contribution >= 4 is 29.0 Å². The van der Waals surface area contributed by atoms with E-state index in [4.69, 9.17) is 11.6 Å². The average Bonchev–Trinajstić information content (AvgIpc) is 3.25. The fourth-order valence-corrected chi connectivity index (χ4v) is 3.56. The molecule has 1 N–H and O–H groups in total. The van der Waals surface area contributed by atoms with Crippen molar-refractivity contribution < 1.29 is 4.79 Å². The van der Waals surface area contributed by atoms with Crippen molar-refractivity contribution in [1.82, 2.24) is 24.7 Å². The van der Waals surface area contributed by atoms with Crippen molar-refractivity contribution in [2.45, 2.75) is 19.8 Å². The van der Waals surface area contributed by atoms with Crippen LogP contribution in [0.4, 0.5) is 11.5 Å². The molecule has 8 nitrogen and oxygen atoms in total. The van der Waals surface area contributed by atoms with E-state index in [-0.39, 0.29) is 11.8 Å². The molecule has 144 valence electrons. The third kappa shape index (κ3) is 3.96. The molecule has 9 heteroatoms. The number of hydrogen-bond acceptors (Lipinski definition) is 6. The van der Waals surface area contributed by atoms with Crippen LogP contribution in [-0.4, -0.2) is 43.7 Å². The Hall–Kier alpha value is -3.00. The number of rotatable bonds is 4. The predicted molar refractivity (Wildman–Crippen MR) is 107 cm³/mol. The molecule has 1 amide bonds. The van der Waals surface area contributed by atoms with Crippen LogP contribution in [0.5, 0.6) is 0 Å². The molecule has 28 heavy (non-hydrogen) atoms. The zero-order valence-electron chi connectivity index (χ0n) is 15.4. The number of amides is 1. The van der Waals surface area contributed by atoms with Crippen LogP contribution in [0.2, 0.25) is 5.02 Å². The first-order valence-electron chi connectivity index (χ1n) is 9.09. The fraction of sp³-hybridized carbons (Fsp3) is 0.316. The van der Waals surface area contributed by atoms with Gasteiger partial charge in [-0.2, -0.15) is 5.10 Å². The van der Waals surface area contributed by atoms with Crippen LogP contribution in [-0.2, 0) is 4.79 Å². The van der Waals surface area contributed by atoms with Crippen LogP contribution in [0.15, 0.2) is 43.2 Å². The summed E-state index contributed by atoms with van der Waals surface area (Å²) in [5, 5.41) is 7.79. The topological polar surface area (TPSA) is 88.8 Å². The molecule has 1 saturated heterocycles. The van der Waals surface area contributed by atoms with Crippen molar-refractivity contribution in [3.63, 3.8) is 0 Å². The number of nitrogens with one attached hydrogen (secondary N) is 1. The molecule has 4 rings (SSSR count). The summed E-state index contributed by atoms with van der Waals surface area (Å²) >= 11 is 5.98. The van der Waals surface area contributed by atoms with E-state index in [1.54, 1.807) is 17.1 Å². The van der Waals surface area contributed by atoms with Gasteiger partial charge in [0.2, 0.25) is 5.91 Å². The molecule has 1 aliphatic heterocycles. The molecular weight excluding hydrogens is 378 g/mol. The summed E-state index contributed by atoms with van der Waals surface area (Å²) in [4.78, 5) is 27.4. The molecular formula is C19H20ClN7O. The lowest BCUT2D eigenvalue weighted by molar-refractivity contribution is -0.120. The molecule has 0 aliphatic carbocycles. The Balaban J connectivity index is 1.38. The highest BCUT2D eigenvalue weighted by atomic mass is 35.5. The SMILES string of the molecule is Cc1cc(Cl)ccc1NC(=O)C1CCN(c2cc(-n3cncn3)ncn2)CC1. The van der Waals surface area contributed by atoms with Crippen molar-refractivity contribution in [2.24, 2.45) is 5.92 Å². The highest BCUT2D eigenvalue weighted by molar-refractivity contribution is 6.30. The first kappa shape index (κ1) is 18.4. The van der Waals surface area contributed by atoms with E-state index >= 15 is 0 Å². The number of aromatic nitrogens is 5. The zero-order chi connectivity index (χ0) is 19.5. The Kier molecular flexibility index (Phi) is 5.21. The van der Waals surface area contributed by atoms with Gasteiger partial charge >= 0.3 is 0 Å². The third-order valence-corrected chi connectivity index (χ3v) is 5.16. The molecule has 0 atom stereocenters. The number of nitrogens with zero attached hydrogens (tertiary/aromatic N) is 6. The molecule has 0 saturated carbocycles. The Labute approximate surface area is 167 Å². The number of anilines is 2. The minimum atomic E-state index is -0.0250. The van der Waals surface area contributed by atoms with Crippen molar-refractivity contribution in [3.8, 4) is 5.82 Å². The van der Waals surface area contributed by atoms with Gasteiger partial charge in [0, 0.05) is 35.8 Å². The number of carbonyl (C=O) groups is 1. The van der Waals surface area contributed by atoms with Crippen LogP contribution in [0.25, 0.3) is 5.82 Å². The first-order chi connectivity index (χ1) is 13.6. The second-order valence-corrected chi connectivity index (χ2v) is 7.22. The van der Waals surface area contributed by atoms with Crippen molar-refractivity contribution in [3.05, 3.63) is 53.8 Å². The second kappa shape index (κ2) is 7.93. The number of carbonyl (C=O) groups excluding carboxylic acids is 1. The largest absolute Gasteiger partial charge is 0.356 e. The molecule has 3 heterocycles. The predicted octanol–water partition coefficient (Wildman–Crippen LogP) is 2.87. The molecule has 1 fully saturated rings. The summed E-state index contributed by atoms with van der Waals surface area (Å²) in [5.74, 6) is 1.52.